The van der Waals surface area contributed by atoms with Crippen LogP contribution in [0.5, 0.6) is 0 Å². The van der Waals surface area contributed by atoms with Crippen LogP contribution < -0.4 is 0 Å². The second kappa shape index (κ2) is 5.24. The summed E-state index contributed by atoms with van der Waals surface area (Å²) in [6.45, 7) is 6.70. The largest absolute Gasteiger partial charge is 0.461 e. The highest BCUT2D eigenvalue weighted by Gasteiger charge is 2.14. The zero-order valence-corrected chi connectivity index (χ0v) is 7.69. The summed E-state index contributed by atoms with van der Waals surface area (Å²) >= 11 is 0. The van der Waals surface area contributed by atoms with Crippen LogP contribution in [0.1, 0.15) is 13.8 Å². The van der Waals surface area contributed by atoms with E-state index in [1.807, 2.05) is 0 Å². The number of allylic oxidation sites excluding steroid dienone is 2. The molecule has 0 aliphatic rings. The van der Waals surface area contributed by atoms with Crippen molar-refractivity contribution in [2.75, 3.05) is 6.61 Å². The van der Waals surface area contributed by atoms with E-state index in [2.05, 4.69) is 11.3 Å². The van der Waals surface area contributed by atoms with Crippen LogP contribution >= 0.6 is 0 Å². The summed E-state index contributed by atoms with van der Waals surface area (Å²) < 4.78 is 17.3. The summed E-state index contributed by atoms with van der Waals surface area (Å²) in [6.07, 6.45) is 1.01. The first-order chi connectivity index (χ1) is 5.99. The molecular weight excluding hydrogens is 173 g/mol. The zero-order valence-electron chi connectivity index (χ0n) is 7.69. The average Bonchev–Trinajstić information content (AvgIpc) is 2.02. The first-order valence-electron chi connectivity index (χ1n) is 3.77. The Morgan fingerprint density at radius 3 is 2.62 bits per heavy atom. The number of rotatable bonds is 4. The molecule has 0 saturated heterocycles. The number of esters is 1. The average molecular weight is 185 g/mol. The highest BCUT2D eigenvalue weighted by Crippen LogP contribution is 2.04. The molecule has 13 heavy (non-hydrogen) atoms. The van der Waals surface area contributed by atoms with E-state index >= 15 is 0 Å². The Bertz CT molecular complexity index is 269. The van der Waals surface area contributed by atoms with Gasteiger partial charge in [0.25, 0.3) is 0 Å². The lowest BCUT2D eigenvalue weighted by atomic mass is 10.2. The van der Waals surface area contributed by atoms with Gasteiger partial charge >= 0.3 is 5.97 Å². The Hall–Kier alpha value is -1.45. The molecule has 1 N–H and O–H groups in total. The van der Waals surface area contributed by atoms with Crippen molar-refractivity contribution in [3.63, 3.8) is 0 Å². The smallest absolute Gasteiger partial charge is 0.359 e. The molecule has 0 aliphatic carbocycles. The van der Waals surface area contributed by atoms with Crippen LogP contribution in [0.3, 0.4) is 0 Å². The monoisotopic (exact) mass is 185 g/mol. The first-order valence-corrected chi connectivity index (χ1v) is 3.77. The first kappa shape index (κ1) is 11.6. The Morgan fingerprint density at radius 2 is 2.23 bits per heavy atom. The fourth-order valence-electron chi connectivity index (χ4n) is 0.589. The van der Waals surface area contributed by atoms with E-state index in [0.29, 0.717) is 5.57 Å². The third kappa shape index (κ3) is 4.20. The van der Waals surface area contributed by atoms with Crippen LogP contribution in [0.25, 0.3) is 0 Å². The number of nitrogens with one attached hydrogen (secondary N) is 1. The van der Waals surface area contributed by atoms with Gasteiger partial charge < -0.3 is 4.74 Å². The molecule has 3 nitrogen and oxygen atoms in total. The van der Waals surface area contributed by atoms with E-state index < -0.39 is 17.5 Å². The summed E-state index contributed by atoms with van der Waals surface area (Å²) in [5.41, 5.74) is -0.337. The molecule has 0 aliphatic heterocycles. The molecule has 0 unspecified atom stereocenters. The third-order valence-corrected chi connectivity index (χ3v) is 1.09. The molecular formula is C9H12FNO2. The minimum atomic E-state index is -0.961. The Labute approximate surface area is 76.4 Å². The van der Waals surface area contributed by atoms with E-state index in [0.717, 1.165) is 6.08 Å². The molecule has 0 amide bonds. The number of hydrogen-bond donors (Lipinski definition) is 1. The minimum absolute atomic E-state index is 0.127. The van der Waals surface area contributed by atoms with Crippen LogP contribution in [0.15, 0.2) is 24.1 Å². The predicted octanol–water partition coefficient (Wildman–Crippen LogP) is 2.00. The van der Waals surface area contributed by atoms with Crippen molar-refractivity contribution in [2.45, 2.75) is 13.8 Å². The van der Waals surface area contributed by atoms with Crippen molar-refractivity contribution >= 4 is 11.7 Å². The fourth-order valence-corrected chi connectivity index (χ4v) is 0.589. The topological polar surface area (TPSA) is 50.2 Å². The number of hydrogen-bond acceptors (Lipinski definition) is 3. The van der Waals surface area contributed by atoms with Crippen molar-refractivity contribution < 1.29 is 13.9 Å². The van der Waals surface area contributed by atoms with Crippen molar-refractivity contribution in [2.24, 2.45) is 0 Å². The maximum Gasteiger partial charge on any atom is 0.359 e. The second-order valence-electron chi connectivity index (χ2n) is 2.43. The van der Waals surface area contributed by atoms with Gasteiger partial charge in [-0.15, -0.1) is 0 Å². The second-order valence-corrected chi connectivity index (χ2v) is 2.43. The van der Waals surface area contributed by atoms with Gasteiger partial charge in [0, 0.05) is 0 Å². The zero-order chi connectivity index (χ0) is 10.4. The number of ether oxygens (including phenoxy) is 1. The van der Waals surface area contributed by atoms with Gasteiger partial charge in [-0.2, -0.15) is 0 Å². The van der Waals surface area contributed by atoms with Crippen molar-refractivity contribution in [3.8, 4) is 0 Å². The van der Waals surface area contributed by atoms with Crippen LogP contribution in [0.4, 0.5) is 4.39 Å². The van der Waals surface area contributed by atoms with Crippen molar-refractivity contribution in [1.29, 1.82) is 5.41 Å². The molecule has 0 heterocycles. The Balaban J connectivity index is 4.43. The molecule has 0 saturated carbocycles. The minimum Gasteiger partial charge on any atom is -0.461 e. The highest BCUT2D eigenvalue weighted by atomic mass is 19.1. The quantitative estimate of drug-likeness (QED) is 0.413. The molecule has 0 fully saturated rings. The van der Waals surface area contributed by atoms with Gasteiger partial charge in [0.1, 0.15) is 0 Å². The van der Waals surface area contributed by atoms with Crippen molar-refractivity contribution in [1.82, 2.24) is 0 Å². The lowest BCUT2D eigenvalue weighted by molar-refractivity contribution is -0.135. The van der Waals surface area contributed by atoms with Gasteiger partial charge in [-0.3, -0.25) is 5.41 Å². The molecule has 4 heteroatoms. The molecule has 0 spiro atoms. The van der Waals surface area contributed by atoms with E-state index in [4.69, 9.17) is 5.41 Å². The van der Waals surface area contributed by atoms with E-state index in [9.17, 15) is 9.18 Å². The molecule has 0 rings (SSSR count). The third-order valence-electron chi connectivity index (χ3n) is 1.09. The predicted molar refractivity (Wildman–Crippen MR) is 48.4 cm³/mol. The summed E-state index contributed by atoms with van der Waals surface area (Å²) in [5.74, 6) is -1.89. The lowest BCUT2D eigenvalue weighted by Gasteiger charge is -2.00. The highest BCUT2D eigenvalue weighted by molar-refractivity contribution is 6.41. The van der Waals surface area contributed by atoms with Gasteiger partial charge in [0.2, 0.25) is 0 Å². The molecule has 0 aromatic rings. The van der Waals surface area contributed by atoms with Gasteiger partial charge in [0.15, 0.2) is 11.5 Å². The summed E-state index contributed by atoms with van der Waals surface area (Å²) in [7, 11) is 0. The molecule has 72 valence electrons. The summed E-state index contributed by atoms with van der Waals surface area (Å²) in [6, 6.07) is 0. The maximum atomic E-state index is 12.9. The molecule has 0 atom stereocenters. The van der Waals surface area contributed by atoms with Gasteiger partial charge in [-0.25, -0.2) is 9.18 Å². The van der Waals surface area contributed by atoms with Crippen LogP contribution in [-0.2, 0) is 9.53 Å². The van der Waals surface area contributed by atoms with Gasteiger partial charge in [-0.05, 0) is 19.9 Å². The maximum absolute atomic E-state index is 12.9. The van der Waals surface area contributed by atoms with E-state index in [1.54, 1.807) is 13.8 Å². The SMILES string of the molecule is C=C(C)/C=C(/F)C(=N)C(=O)OCC. The number of halogens is 1. The van der Waals surface area contributed by atoms with E-state index in [-0.39, 0.29) is 6.61 Å². The Kier molecular flexibility index (Phi) is 4.66. The standard InChI is InChI=1S/C9H12FNO2/c1-4-13-9(12)8(11)7(10)5-6(2)3/h5,11H,2,4H2,1,3H3/b7-5+,11-8?. The Morgan fingerprint density at radius 1 is 1.69 bits per heavy atom. The van der Waals surface area contributed by atoms with Gasteiger partial charge in [-0.1, -0.05) is 12.2 Å². The summed E-state index contributed by atoms with van der Waals surface area (Å²) in [4.78, 5) is 10.8. The lowest BCUT2D eigenvalue weighted by Crippen LogP contribution is -2.16. The summed E-state index contributed by atoms with van der Waals surface area (Å²) in [5, 5.41) is 7.04. The molecule has 0 bridgehead atoms. The number of carbonyl (C=O) groups is 1. The van der Waals surface area contributed by atoms with Crippen LogP contribution in [-0.4, -0.2) is 18.3 Å². The normalized spacial score (nSPS) is 10.8. The van der Waals surface area contributed by atoms with Crippen LogP contribution in [0, 0.1) is 5.41 Å². The van der Waals surface area contributed by atoms with Crippen LogP contribution in [0.2, 0.25) is 0 Å². The van der Waals surface area contributed by atoms with E-state index in [1.165, 1.54) is 0 Å². The fraction of sp³-hybridized carbons (Fsp3) is 0.333. The molecule has 0 aromatic heterocycles. The molecule has 0 radical (unpaired) electrons. The van der Waals surface area contributed by atoms with Crippen molar-refractivity contribution in [3.05, 3.63) is 24.1 Å². The van der Waals surface area contributed by atoms with Gasteiger partial charge in [0.05, 0.1) is 6.61 Å². The molecule has 0 aromatic carbocycles. The number of carbonyl (C=O) groups excluding carboxylic acids is 1.